The van der Waals surface area contributed by atoms with Crippen molar-refractivity contribution in [3.8, 4) is 5.69 Å². The number of nitrogens with zero attached hydrogens (tertiary/aromatic N) is 2. The smallest absolute Gasteiger partial charge is 0.115 e. The Morgan fingerprint density at radius 2 is 1.90 bits per heavy atom. The van der Waals surface area contributed by atoms with Crippen LogP contribution in [0.5, 0.6) is 0 Å². The number of fused-ring (bicyclic) bond motifs is 1. The molecule has 0 saturated carbocycles. The summed E-state index contributed by atoms with van der Waals surface area (Å²) in [5.41, 5.74) is 4.01. The van der Waals surface area contributed by atoms with Crippen LogP contribution < -0.4 is 0 Å². The van der Waals surface area contributed by atoms with Crippen LogP contribution in [0.15, 0.2) is 36.4 Å². The number of hydrogen-bond acceptors (Lipinski definition) is 1. The van der Waals surface area contributed by atoms with E-state index in [9.17, 15) is 0 Å². The molecule has 0 saturated heterocycles. The molecule has 0 aliphatic carbocycles. The maximum absolute atomic E-state index is 6.37. The number of rotatable bonds is 3. The average molecular weight is 340 g/mol. The highest BCUT2D eigenvalue weighted by Crippen LogP contribution is 2.29. The summed E-state index contributed by atoms with van der Waals surface area (Å²) in [6, 6.07) is 11.6. The molecule has 2 nitrogen and oxygen atoms in total. The molecule has 0 amide bonds. The summed E-state index contributed by atoms with van der Waals surface area (Å²) in [6.07, 6.45) is 0.675. The van der Waals surface area contributed by atoms with Crippen LogP contribution in [-0.4, -0.2) is 15.4 Å². The van der Waals surface area contributed by atoms with Crippen molar-refractivity contribution in [3.05, 3.63) is 57.8 Å². The van der Waals surface area contributed by atoms with Gasteiger partial charge in [-0.3, -0.25) is 4.57 Å². The van der Waals surface area contributed by atoms with Crippen LogP contribution in [-0.2, 0) is 6.42 Å². The third-order valence-electron chi connectivity index (χ3n) is 3.35. The molecule has 2 aromatic carbocycles. The lowest BCUT2D eigenvalue weighted by atomic mass is 10.2. The number of aromatic nitrogens is 2. The summed E-state index contributed by atoms with van der Waals surface area (Å²) in [6.45, 7) is 2.06. The third-order valence-corrected chi connectivity index (χ3v) is 4.07. The van der Waals surface area contributed by atoms with Crippen molar-refractivity contribution in [1.82, 2.24) is 9.55 Å². The van der Waals surface area contributed by atoms with E-state index in [0.29, 0.717) is 22.3 Å². The van der Waals surface area contributed by atoms with Gasteiger partial charge in [-0.25, -0.2) is 4.98 Å². The minimum absolute atomic E-state index is 0.507. The Morgan fingerprint density at radius 3 is 2.62 bits per heavy atom. The highest BCUT2D eigenvalue weighted by atomic mass is 35.5. The number of benzene rings is 2. The van der Waals surface area contributed by atoms with Crippen molar-refractivity contribution in [2.45, 2.75) is 13.3 Å². The van der Waals surface area contributed by atoms with Gasteiger partial charge in [0, 0.05) is 17.3 Å². The summed E-state index contributed by atoms with van der Waals surface area (Å²) < 4.78 is 2.06. The van der Waals surface area contributed by atoms with Crippen LogP contribution in [0.25, 0.3) is 16.7 Å². The van der Waals surface area contributed by atoms with Crippen molar-refractivity contribution < 1.29 is 0 Å². The maximum Gasteiger partial charge on any atom is 0.115 e. The second-order valence-corrected chi connectivity index (χ2v) is 6.11. The normalized spacial score (nSPS) is 11.2. The van der Waals surface area contributed by atoms with Crippen LogP contribution in [0.3, 0.4) is 0 Å². The maximum atomic E-state index is 6.37. The monoisotopic (exact) mass is 338 g/mol. The van der Waals surface area contributed by atoms with E-state index in [0.717, 1.165) is 22.5 Å². The van der Waals surface area contributed by atoms with E-state index in [1.807, 2.05) is 24.3 Å². The molecule has 5 heteroatoms. The predicted octanol–water partition coefficient (Wildman–Crippen LogP) is 5.42. The lowest BCUT2D eigenvalue weighted by molar-refractivity contribution is 0.912. The van der Waals surface area contributed by atoms with E-state index >= 15 is 0 Å². The molecule has 0 bridgehead atoms. The molecule has 1 heterocycles. The van der Waals surface area contributed by atoms with E-state index in [2.05, 4.69) is 22.5 Å². The highest BCUT2D eigenvalue weighted by Gasteiger charge is 2.14. The lowest BCUT2D eigenvalue weighted by Crippen LogP contribution is -2.03. The van der Waals surface area contributed by atoms with E-state index in [1.54, 1.807) is 6.07 Å². The second-order valence-electron chi connectivity index (χ2n) is 4.89. The number of hydrogen-bond donors (Lipinski definition) is 0. The zero-order chi connectivity index (χ0) is 15.0. The van der Waals surface area contributed by atoms with Crippen LogP contribution >= 0.6 is 34.8 Å². The van der Waals surface area contributed by atoms with E-state index in [1.165, 1.54) is 5.56 Å². The fourth-order valence-corrected chi connectivity index (χ4v) is 3.08. The molecular weight excluding hydrogens is 327 g/mol. The minimum atomic E-state index is 0.507. The first-order valence-electron chi connectivity index (χ1n) is 6.59. The molecular formula is C16H13Cl3N2. The van der Waals surface area contributed by atoms with Gasteiger partial charge in [0.1, 0.15) is 5.82 Å². The summed E-state index contributed by atoms with van der Waals surface area (Å²) >= 11 is 18.3. The van der Waals surface area contributed by atoms with Crippen molar-refractivity contribution in [3.63, 3.8) is 0 Å². The Morgan fingerprint density at radius 1 is 1.10 bits per heavy atom. The molecule has 0 fully saturated rings. The molecule has 0 N–H and O–H groups in total. The van der Waals surface area contributed by atoms with Crippen molar-refractivity contribution in [1.29, 1.82) is 0 Å². The fourth-order valence-electron chi connectivity index (χ4n) is 2.42. The average Bonchev–Trinajstić information content (AvgIpc) is 2.77. The molecule has 108 valence electrons. The molecule has 1 aromatic heterocycles. The van der Waals surface area contributed by atoms with E-state index in [4.69, 9.17) is 34.8 Å². The molecule has 0 aliphatic heterocycles. The number of alkyl halides is 1. The number of halogens is 3. The summed E-state index contributed by atoms with van der Waals surface area (Å²) in [4.78, 5) is 4.67. The van der Waals surface area contributed by atoms with Gasteiger partial charge in [-0.05, 0) is 42.8 Å². The summed E-state index contributed by atoms with van der Waals surface area (Å²) in [7, 11) is 0. The van der Waals surface area contributed by atoms with Crippen LogP contribution in [0, 0.1) is 6.92 Å². The quantitative estimate of drug-likeness (QED) is 0.582. The largest absolute Gasteiger partial charge is 0.295 e. The molecule has 0 unspecified atom stereocenters. The van der Waals surface area contributed by atoms with Crippen molar-refractivity contribution in [2.75, 3.05) is 5.88 Å². The van der Waals surface area contributed by atoms with Crippen LogP contribution in [0.4, 0.5) is 0 Å². The zero-order valence-electron chi connectivity index (χ0n) is 11.4. The standard InChI is InChI=1S/C16H13Cl3N2/c1-10-2-4-13-15(8-10)21(16(20-13)6-7-17)14-5-3-11(18)9-12(14)19/h2-5,8-9H,6-7H2,1H3. The van der Waals surface area contributed by atoms with Crippen molar-refractivity contribution in [2.24, 2.45) is 0 Å². The molecule has 21 heavy (non-hydrogen) atoms. The zero-order valence-corrected chi connectivity index (χ0v) is 13.7. The predicted molar refractivity (Wildman–Crippen MR) is 90.3 cm³/mol. The van der Waals surface area contributed by atoms with Gasteiger partial charge in [-0.2, -0.15) is 0 Å². The first kappa shape index (κ1) is 14.7. The van der Waals surface area contributed by atoms with Gasteiger partial charge in [0.15, 0.2) is 0 Å². The Hall–Kier alpha value is -1.22. The molecule has 0 atom stereocenters. The third kappa shape index (κ3) is 2.76. The molecule has 3 aromatic rings. The van der Waals surface area contributed by atoms with Gasteiger partial charge in [0.25, 0.3) is 0 Å². The first-order valence-corrected chi connectivity index (χ1v) is 7.88. The summed E-state index contributed by atoms with van der Waals surface area (Å²) in [5, 5.41) is 1.21. The topological polar surface area (TPSA) is 17.8 Å². The Bertz CT molecular complexity index is 809. The molecule has 3 rings (SSSR count). The van der Waals surface area contributed by atoms with Gasteiger partial charge in [0.2, 0.25) is 0 Å². The van der Waals surface area contributed by atoms with Gasteiger partial charge in [-0.1, -0.05) is 29.3 Å². The van der Waals surface area contributed by atoms with Gasteiger partial charge in [0.05, 0.1) is 21.7 Å². The van der Waals surface area contributed by atoms with Crippen LogP contribution in [0.2, 0.25) is 10.0 Å². The fraction of sp³-hybridized carbons (Fsp3) is 0.188. The van der Waals surface area contributed by atoms with Crippen LogP contribution in [0.1, 0.15) is 11.4 Å². The second kappa shape index (κ2) is 5.88. The Balaban J connectivity index is 2.32. The van der Waals surface area contributed by atoms with E-state index in [-0.39, 0.29) is 0 Å². The van der Waals surface area contributed by atoms with Crippen molar-refractivity contribution >= 4 is 45.8 Å². The SMILES string of the molecule is Cc1ccc2nc(CCCl)n(-c3ccc(Cl)cc3Cl)c2c1. The lowest BCUT2D eigenvalue weighted by Gasteiger charge is -2.11. The van der Waals surface area contributed by atoms with Gasteiger partial charge < -0.3 is 0 Å². The minimum Gasteiger partial charge on any atom is -0.295 e. The number of aryl methyl sites for hydroxylation is 2. The van der Waals surface area contributed by atoms with Gasteiger partial charge in [-0.15, -0.1) is 11.6 Å². The first-order chi connectivity index (χ1) is 10.1. The molecule has 0 radical (unpaired) electrons. The number of imidazole rings is 1. The summed E-state index contributed by atoms with van der Waals surface area (Å²) in [5.74, 6) is 1.41. The highest BCUT2D eigenvalue weighted by molar-refractivity contribution is 6.35. The Labute approximate surface area is 138 Å². The molecule has 0 spiro atoms. The Kier molecular flexibility index (Phi) is 4.12. The molecule has 0 aliphatic rings. The van der Waals surface area contributed by atoms with Gasteiger partial charge >= 0.3 is 0 Å². The van der Waals surface area contributed by atoms with E-state index < -0.39 is 0 Å².